The number of ether oxygens (including phenoxy) is 1. The van der Waals surface area contributed by atoms with Crippen LogP contribution in [0.3, 0.4) is 0 Å². The molecule has 2 N–H and O–H groups in total. The summed E-state index contributed by atoms with van der Waals surface area (Å²) in [5, 5.41) is 9.48. The van der Waals surface area contributed by atoms with Gasteiger partial charge in [-0.05, 0) is 51.8 Å². The minimum atomic E-state index is -0.744. The van der Waals surface area contributed by atoms with Gasteiger partial charge in [0.25, 0.3) is 0 Å². The molecular weight excluding hydrogens is 334 g/mol. The quantitative estimate of drug-likeness (QED) is 0.825. The Labute approximate surface area is 153 Å². The summed E-state index contributed by atoms with van der Waals surface area (Å²) in [4.78, 5) is 27.9. The average molecular weight is 359 g/mol. The third-order valence-electron chi connectivity index (χ3n) is 3.40. The molecule has 0 aliphatic carbocycles. The molecule has 2 heterocycles. The van der Waals surface area contributed by atoms with Gasteiger partial charge >= 0.3 is 6.09 Å². The van der Waals surface area contributed by atoms with E-state index in [-0.39, 0.29) is 5.91 Å². The first-order valence-electron chi connectivity index (χ1n) is 8.46. The fourth-order valence-electron chi connectivity index (χ4n) is 2.13. The van der Waals surface area contributed by atoms with Gasteiger partial charge in [0, 0.05) is 31.2 Å². The number of carbonyl (C=O) groups is 2. The summed E-state index contributed by atoms with van der Waals surface area (Å²) >= 11 is 0. The van der Waals surface area contributed by atoms with Crippen molar-refractivity contribution in [1.82, 2.24) is 20.1 Å². The number of nitrogens with one attached hydrogen (secondary N) is 2. The summed E-state index contributed by atoms with van der Waals surface area (Å²) in [6.45, 7) is 7.55. The molecule has 1 atom stereocenters. The van der Waals surface area contributed by atoms with Crippen LogP contribution in [0.1, 0.15) is 33.3 Å². The van der Waals surface area contributed by atoms with E-state index >= 15 is 0 Å². The minimum absolute atomic E-state index is 0.366. The van der Waals surface area contributed by atoms with Crippen molar-refractivity contribution in [3.05, 3.63) is 42.4 Å². The second kappa shape index (κ2) is 8.46. The number of pyridine rings is 1. The maximum Gasteiger partial charge on any atom is 0.408 e. The Morgan fingerprint density at radius 1 is 1.23 bits per heavy atom. The van der Waals surface area contributed by atoms with Crippen LogP contribution in [-0.2, 0) is 22.5 Å². The van der Waals surface area contributed by atoms with Crippen LogP contribution < -0.4 is 10.6 Å². The zero-order chi connectivity index (χ0) is 19.2. The van der Waals surface area contributed by atoms with Gasteiger partial charge in [-0.1, -0.05) is 0 Å². The molecule has 0 radical (unpaired) electrons. The lowest BCUT2D eigenvalue weighted by molar-refractivity contribution is -0.117. The fourth-order valence-corrected chi connectivity index (χ4v) is 2.13. The van der Waals surface area contributed by atoms with E-state index in [9.17, 15) is 9.59 Å². The zero-order valence-corrected chi connectivity index (χ0v) is 15.5. The standard InChI is InChI=1S/C18H25N5O3/c1-13(20-17(25)26-18(2,3)4)16(24)21-15-8-12-23(22-15)11-7-14-5-9-19-10-6-14/h5-6,8-10,12-13H,7,11H2,1-4H3,(H,20,25)(H,21,22,24). The lowest BCUT2D eigenvalue weighted by Gasteiger charge is -2.21. The van der Waals surface area contributed by atoms with Crippen LogP contribution in [0.4, 0.5) is 10.6 Å². The van der Waals surface area contributed by atoms with Crippen LogP contribution in [0.15, 0.2) is 36.8 Å². The first-order valence-corrected chi connectivity index (χ1v) is 8.46. The highest BCUT2D eigenvalue weighted by Gasteiger charge is 2.21. The van der Waals surface area contributed by atoms with Gasteiger partial charge in [0.1, 0.15) is 11.6 Å². The normalized spacial score (nSPS) is 12.3. The number of nitrogens with zero attached hydrogens (tertiary/aromatic N) is 3. The molecule has 0 saturated heterocycles. The molecule has 0 aliphatic heterocycles. The van der Waals surface area contributed by atoms with E-state index in [2.05, 4.69) is 20.7 Å². The van der Waals surface area contributed by atoms with Crippen molar-refractivity contribution >= 4 is 17.8 Å². The summed E-state index contributed by atoms with van der Waals surface area (Å²) in [5.41, 5.74) is 0.546. The van der Waals surface area contributed by atoms with E-state index in [4.69, 9.17) is 4.74 Å². The number of aryl methyl sites for hydroxylation is 2. The van der Waals surface area contributed by atoms with E-state index in [1.54, 1.807) is 57.0 Å². The number of carbonyl (C=O) groups excluding carboxylic acids is 2. The van der Waals surface area contributed by atoms with E-state index in [0.717, 1.165) is 12.0 Å². The van der Waals surface area contributed by atoms with Crippen LogP contribution >= 0.6 is 0 Å². The first kappa shape index (κ1) is 19.4. The second-order valence-electron chi connectivity index (χ2n) is 6.93. The molecule has 0 aliphatic rings. The summed E-state index contributed by atoms with van der Waals surface area (Å²) < 4.78 is 6.88. The maximum absolute atomic E-state index is 12.2. The van der Waals surface area contributed by atoms with Gasteiger partial charge in [0.15, 0.2) is 5.82 Å². The van der Waals surface area contributed by atoms with E-state index in [1.807, 2.05) is 12.1 Å². The Bertz CT molecular complexity index is 737. The van der Waals surface area contributed by atoms with Crippen LogP contribution in [0, 0.1) is 0 Å². The van der Waals surface area contributed by atoms with Crippen LogP contribution in [0.25, 0.3) is 0 Å². The van der Waals surface area contributed by atoms with E-state index in [0.29, 0.717) is 12.4 Å². The van der Waals surface area contributed by atoms with E-state index < -0.39 is 17.7 Å². The Kier molecular flexibility index (Phi) is 6.32. The van der Waals surface area contributed by atoms with Gasteiger partial charge < -0.3 is 15.4 Å². The number of hydrogen-bond donors (Lipinski definition) is 2. The highest BCUT2D eigenvalue weighted by atomic mass is 16.6. The molecular formula is C18H25N5O3. The fraction of sp³-hybridized carbons (Fsp3) is 0.444. The van der Waals surface area contributed by atoms with Crippen molar-refractivity contribution in [3.8, 4) is 0 Å². The Morgan fingerprint density at radius 2 is 1.92 bits per heavy atom. The largest absolute Gasteiger partial charge is 0.444 e. The molecule has 8 heteroatoms. The Balaban J connectivity index is 1.82. The van der Waals surface area contributed by atoms with Gasteiger partial charge in [0.05, 0.1) is 0 Å². The highest BCUT2D eigenvalue weighted by molar-refractivity contribution is 5.95. The summed E-state index contributed by atoms with van der Waals surface area (Å²) in [6, 6.07) is 4.88. The minimum Gasteiger partial charge on any atom is -0.444 e. The third kappa shape index (κ3) is 6.54. The number of amides is 2. The van der Waals surface area contributed by atoms with Crippen molar-refractivity contribution in [2.24, 2.45) is 0 Å². The number of hydrogen-bond acceptors (Lipinski definition) is 5. The van der Waals surface area contributed by atoms with Crippen LogP contribution in [0.2, 0.25) is 0 Å². The van der Waals surface area contributed by atoms with Crippen molar-refractivity contribution < 1.29 is 14.3 Å². The zero-order valence-electron chi connectivity index (χ0n) is 15.5. The molecule has 2 aromatic heterocycles. The molecule has 0 spiro atoms. The van der Waals surface area contributed by atoms with Crippen LogP contribution in [0.5, 0.6) is 0 Å². The van der Waals surface area contributed by atoms with Gasteiger partial charge in [-0.3, -0.25) is 14.5 Å². The molecule has 8 nitrogen and oxygen atoms in total. The molecule has 0 aromatic carbocycles. The molecule has 1 unspecified atom stereocenters. The monoisotopic (exact) mass is 359 g/mol. The second-order valence-corrected chi connectivity index (χ2v) is 6.93. The number of alkyl carbamates (subject to hydrolysis) is 1. The SMILES string of the molecule is CC(NC(=O)OC(C)(C)C)C(=O)Nc1ccn(CCc2ccncc2)n1. The van der Waals surface area contributed by atoms with Gasteiger partial charge in [0.2, 0.25) is 5.91 Å². The van der Waals surface area contributed by atoms with Crippen molar-refractivity contribution in [2.75, 3.05) is 5.32 Å². The van der Waals surface area contributed by atoms with Crippen molar-refractivity contribution in [3.63, 3.8) is 0 Å². The molecule has 2 rings (SSSR count). The lowest BCUT2D eigenvalue weighted by atomic mass is 10.2. The predicted molar refractivity (Wildman–Crippen MR) is 97.6 cm³/mol. The molecule has 0 fully saturated rings. The maximum atomic E-state index is 12.2. The van der Waals surface area contributed by atoms with Gasteiger partial charge in [-0.2, -0.15) is 5.10 Å². The topological polar surface area (TPSA) is 98.1 Å². The number of rotatable bonds is 6. The summed E-state index contributed by atoms with van der Waals surface area (Å²) in [5.74, 6) is 0.0674. The smallest absolute Gasteiger partial charge is 0.408 e. The van der Waals surface area contributed by atoms with E-state index in [1.165, 1.54) is 0 Å². The molecule has 2 aromatic rings. The predicted octanol–water partition coefficient (Wildman–Crippen LogP) is 2.37. The first-order chi connectivity index (χ1) is 12.2. The Hall–Kier alpha value is -2.90. The van der Waals surface area contributed by atoms with Crippen LogP contribution in [-0.4, -0.2) is 38.4 Å². The Morgan fingerprint density at radius 3 is 2.58 bits per heavy atom. The highest BCUT2D eigenvalue weighted by Crippen LogP contribution is 2.08. The molecule has 2 amide bonds. The molecule has 140 valence electrons. The average Bonchev–Trinajstić information content (AvgIpc) is 2.99. The van der Waals surface area contributed by atoms with Crippen molar-refractivity contribution in [1.29, 1.82) is 0 Å². The number of aromatic nitrogens is 3. The summed E-state index contributed by atoms with van der Waals surface area (Å²) in [7, 11) is 0. The van der Waals surface area contributed by atoms with Gasteiger partial charge in [-0.25, -0.2) is 4.79 Å². The van der Waals surface area contributed by atoms with Gasteiger partial charge in [-0.15, -0.1) is 0 Å². The number of anilines is 1. The lowest BCUT2D eigenvalue weighted by Crippen LogP contribution is -2.44. The summed E-state index contributed by atoms with van der Waals surface area (Å²) in [6.07, 6.45) is 5.48. The molecule has 0 saturated carbocycles. The molecule has 26 heavy (non-hydrogen) atoms. The third-order valence-corrected chi connectivity index (χ3v) is 3.40. The molecule has 0 bridgehead atoms. The van der Waals surface area contributed by atoms with Crippen molar-refractivity contribution in [2.45, 2.75) is 52.3 Å².